The molecule has 0 aliphatic rings. The lowest BCUT2D eigenvalue weighted by molar-refractivity contribution is 0.415. The van der Waals surface area contributed by atoms with E-state index in [9.17, 15) is 0 Å². The Morgan fingerprint density at radius 2 is 2.00 bits per heavy atom. The summed E-state index contributed by atoms with van der Waals surface area (Å²) < 4.78 is 7.08. The number of nitrogen functional groups attached to an aromatic ring is 1. The molecule has 0 saturated carbocycles. The first kappa shape index (κ1) is 13.7. The van der Waals surface area contributed by atoms with Crippen LogP contribution in [0.2, 0.25) is 5.02 Å². The minimum Gasteiger partial charge on any atom is -0.496 e. The van der Waals surface area contributed by atoms with Crippen molar-refractivity contribution in [2.45, 2.75) is 19.8 Å². The van der Waals surface area contributed by atoms with Gasteiger partial charge in [-0.15, -0.1) is 0 Å². The lowest BCUT2D eigenvalue weighted by atomic mass is 9.98. The van der Waals surface area contributed by atoms with Gasteiger partial charge >= 0.3 is 0 Å². The molecule has 0 radical (unpaired) electrons. The van der Waals surface area contributed by atoms with Crippen LogP contribution >= 0.6 is 11.6 Å². The molecule has 0 saturated heterocycles. The van der Waals surface area contributed by atoms with Crippen LogP contribution in [-0.2, 0) is 7.05 Å². The van der Waals surface area contributed by atoms with Gasteiger partial charge in [0.2, 0.25) is 0 Å². The molecule has 4 nitrogen and oxygen atoms in total. The molecule has 0 bridgehead atoms. The van der Waals surface area contributed by atoms with E-state index in [0.717, 1.165) is 22.4 Å². The maximum Gasteiger partial charge on any atom is 0.129 e. The number of methoxy groups -OCH3 is 1. The van der Waals surface area contributed by atoms with E-state index in [1.54, 1.807) is 25.0 Å². The van der Waals surface area contributed by atoms with E-state index in [4.69, 9.17) is 22.1 Å². The molecule has 0 atom stereocenters. The van der Waals surface area contributed by atoms with Crippen LogP contribution in [0.5, 0.6) is 5.75 Å². The fourth-order valence-corrected chi connectivity index (χ4v) is 2.43. The molecule has 2 N–H and O–H groups in total. The van der Waals surface area contributed by atoms with Gasteiger partial charge < -0.3 is 10.5 Å². The Labute approximate surface area is 118 Å². The molecule has 0 fully saturated rings. The van der Waals surface area contributed by atoms with E-state index in [0.29, 0.717) is 16.8 Å². The number of ether oxygens (including phenoxy) is 1. The average Bonchev–Trinajstić information content (AvgIpc) is 2.69. The maximum absolute atomic E-state index is 6.34. The quantitative estimate of drug-likeness (QED) is 0.936. The third kappa shape index (κ3) is 2.40. The second kappa shape index (κ2) is 5.13. The van der Waals surface area contributed by atoms with Gasteiger partial charge in [-0.25, -0.2) is 0 Å². The fraction of sp³-hybridized carbons (Fsp3) is 0.357. The number of nitrogens with zero attached hydrogens (tertiary/aromatic N) is 2. The Morgan fingerprint density at radius 1 is 1.32 bits per heavy atom. The van der Waals surface area contributed by atoms with Gasteiger partial charge in [-0.2, -0.15) is 5.10 Å². The summed E-state index contributed by atoms with van der Waals surface area (Å²) in [5, 5.41) is 4.86. The number of anilines is 1. The second-order valence-corrected chi connectivity index (χ2v) is 5.20. The van der Waals surface area contributed by atoms with E-state index >= 15 is 0 Å². The number of nitrogens with two attached hydrogens (primary N) is 1. The van der Waals surface area contributed by atoms with E-state index in [2.05, 4.69) is 18.9 Å². The molecule has 2 rings (SSSR count). The summed E-state index contributed by atoms with van der Waals surface area (Å²) in [6, 6.07) is 3.86. The van der Waals surface area contributed by atoms with Crippen molar-refractivity contribution in [1.82, 2.24) is 9.78 Å². The second-order valence-electron chi connectivity index (χ2n) is 4.80. The predicted octanol–water partition coefficient (Wildman–Crippen LogP) is 3.45. The van der Waals surface area contributed by atoms with Gasteiger partial charge in [-0.1, -0.05) is 25.4 Å². The number of hydrogen-bond donors (Lipinski definition) is 1. The summed E-state index contributed by atoms with van der Waals surface area (Å²) in [6.45, 7) is 4.19. The summed E-state index contributed by atoms with van der Waals surface area (Å²) in [4.78, 5) is 0. The molecular formula is C14H18ClN3O. The van der Waals surface area contributed by atoms with E-state index in [1.807, 2.05) is 12.1 Å². The van der Waals surface area contributed by atoms with Gasteiger partial charge in [0.25, 0.3) is 0 Å². The molecule has 0 amide bonds. The van der Waals surface area contributed by atoms with Crippen LogP contribution in [0.4, 0.5) is 5.82 Å². The Morgan fingerprint density at radius 3 is 2.47 bits per heavy atom. The number of halogens is 1. The van der Waals surface area contributed by atoms with Gasteiger partial charge in [0.05, 0.1) is 13.3 Å². The van der Waals surface area contributed by atoms with Gasteiger partial charge in [0, 0.05) is 23.2 Å². The average molecular weight is 280 g/mol. The number of rotatable bonds is 3. The zero-order valence-corrected chi connectivity index (χ0v) is 12.3. The monoisotopic (exact) mass is 279 g/mol. The van der Waals surface area contributed by atoms with Gasteiger partial charge in [-0.3, -0.25) is 4.68 Å². The molecule has 0 unspecified atom stereocenters. The smallest absolute Gasteiger partial charge is 0.129 e. The van der Waals surface area contributed by atoms with E-state index in [1.165, 1.54) is 0 Å². The largest absolute Gasteiger partial charge is 0.496 e. The molecule has 2 aromatic rings. The lowest BCUT2D eigenvalue weighted by Crippen LogP contribution is -1.99. The van der Waals surface area contributed by atoms with Gasteiger partial charge in [0.15, 0.2) is 0 Å². The van der Waals surface area contributed by atoms with Crippen LogP contribution in [0, 0.1) is 0 Å². The standard InChI is InChI=1S/C14H18ClN3O/c1-8(2)9-6-13(19-4)10(5-12(9)15)11-7-17-18(3)14(11)16/h5-8H,16H2,1-4H3. The number of aromatic nitrogens is 2. The van der Waals surface area contributed by atoms with Crippen LogP contribution in [-0.4, -0.2) is 16.9 Å². The van der Waals surface area contributed by atoms with Crippen molar-refractivity contribution in [2.24, 2.45) is 7.05 Å². The highest BCUT2D eigenvalue weighted by Gasteiger charge is 2.16. The Kier molecular flexibility index (Phi) is 3.71. The zero-order chi connectivity index (χ0) is 14.2. The molecule has 0 spiro atoms. The van der Waals surface area contributed by atoms with Crippen LogP contribution in [0.1, 0.15) is 25.3 Å². The van der Waals surface area contributed by atoms with Gasteiger partial charge in [0.1, 0.15) is 11.6 Å². The number of hydrogen-bond acceptors (Lipinski definition) is 3. The third-order valence-electron chi connectivity index (χ3n) is 3.22. The molecule has 19 heavy (non-hydrogen) atoms. The summed E-state index contributed by atoms with van der Waals surface area (Å²) in [5.41, 5.74) is 8.76. The third-order valence-corrected chi connectivity index (χ3v) is 3.54. The number of aryl methyl sites for hydroxylation is 1. The summed E-state index contributed by atoms with van der Waals surface area (Å²) in [5.74, 6) is 1.68. The van der Waals surface area contributed by atoms with Crippen molar-refractivity contribution >= 4 is 17.4 Å². The van der Waals surface area contributed by atoms with Crippen molar-refractivity contribution < 1.29 is 4.74 Å². The van der Waals surface area contributed by atoms with Gasteiger partial charge in [-0.05, 0) is 23.6 Å². The maximum atomic E-state index is 6.34. The normalized spacial score (nSPS) is 11.1. The summed E-state index contributed by atoms with van der Waals surface area (Å²) in [7, 11) is 3.44. The highest BCUT2D eigenvalue weighted by molar-refractivity contribution is 6.31. The van der Waals surface area contributed by atoms with Crippen LogP contribution < -0.4 is 10.5 Å². The van der Waals surface area contributed by atoms with Crippen molar-refractivity contribution in [2.75, 3.05) is 12.8 Å². The van der Waals surface area contributed by atoms with Crippen LogP contribution in [0.15, 0.2) is 18.3 Å². The fourth-order valence-electron chi connectivity index (χ4n) is 2.05. The first-order valence-electron chi connectivity index (χ1n) is 6.11. The summed E-state index contributed by atoms with van der Waals surface area (Å²) in [6.07, 6.45) is 1.72. The first-order valence-corrected chi connectivity index (χ1v) is 6.48. The molecule has 1 aromatic heterocycles. The minimum absolute atomic E-state index is 0.335. The van der Waals surface area contributed by atoms with Crippen molar-refractivity contribution in [1.29, 1.82) is 0 Å². The molecule has 0 aliphatic carbocycles. The van der Waals surface area contributed by atoms with Crippen molar-refractivity contribution in [3.63, 3.8) is 0 Å². The molecule has 5 heteroatoms. The molecule has 0 aliphatic heterocycles. The Balaban J connectivity index is 2.64. The van der Waals surface area contributed by atoms with Crippen molar-refractivity contribution in [3.8, 4) is 16.9 Å². The van der Waals surface area contributed by atoms with Crippen LogP contribution in [0.25, 0.3) is 11.1 Å². The van der Waals surface area contributed by atoms with Crippen molar-refractivity contribution in [3.05, 3.63) is 28.9 Å². The first-order chi connectivity index (χ1) is 8.95. The highest BCUT2D eigenvalue weighted by Crippen LogP contribution is 2.39. The molecule has 1 aromatic carbocycles. The van der Waals surface area contributed by atoms with E-state index in [-0.39, 0.29) is 0 Å². The van der Waals surface area contributed by atoms with E-state index < -0.39 is 0 Å². The Hall–Kier alpha value is -1.68. The van der Waals surface area contributed by atoms with Crippen LogP contribution in [0.3, 0.4) is 0 Å². The SMILES string of the molecule is COc1cc(C(C)C)c(Cl)cc1-c1cnn(C)c1N. The zero-order valence-electron chi connectivity index (χ0n) is 11.6. The molecule has 1 heterocycles. The minimum atomic E-state index is 0.335. The topological polar surface area (TPSA) is 53.1 Å². The summed E-state index contributed by atoms with van der Waals surface area (Å²) >= 11 is 6.34. The number of benzene rings is 1. The highest BCUT2D eigenvalue weighted by atomic mass is 35.5. The predicted molar refractivity (Wildman–Crippen MR) is 78.7 cm³/mol. The molecular weight excluding hydrogens is 262 g/mol. The molecule has 102 valence electrons. The lowest BCUT2D eigenvalue weighted by Gasteiger charge is -2.14. The Bertz CT molecular complexity index is 605.